The number of halogens is 1. The number of nitrogens with one attached hydrogen (secondary N) is 1. The summed E-state index contributed by atoms with van der Waals surface area (Å²) >= 11 is 4.53. The topological polar surface area (TPSA) is 89.5 Å². The van der Waals surface area contributed by atoms with Crippen LogP contribution < -0.4 is 5.32 Å². The lowest BCUT2D eigenvalue weighted by Crippen LogP contribution is -2.20. The minimum atomic E-state index is -3.19. The number of carbonyl (C=O) groups is 2. The van der Waals surface area contributed by atoms with Gasteiger partial charge in [0.1, 0.15) is 5.00 Å². The van der Waals surface area contributed by atoms with Crippen LogP contribution >= 0.6 is 27.3 Å². The Morgan fingerprint density at radius 2 is 2.07 bits per heavy atom. The summed E-state index contributed by atoms with van der Waals surface area (Å²) < 4.78 is 29.8. The van der Waals surface area contributed by atoms with E-state index in [2.05, 4.69) is 21.2 Å². The van der Waals surface area contributed by atoms with E-state index in [1.807, 2.05) is 24.3 Å². The van der Waals surface area contributed by atoms with Crippen LogP contribution in [-0.4, -0.2) is 32.7 Å². The summed E-state index contributed by atoms with van der Waals surface area (Å²) in [7, 11) is -3.19. The molecule has 148 valence electrons. The molecular weight excluding hydrogens is 466 g/mol. The number of hydrogen-bond donors (Lipinski definition) is 1. The van der Waals surface area contributed by atoms with Gasteiger partial charge in [0.25, 0.3) is 0 Å². The van der Waals surface area contributed by atoms with Crippen molar-refractivity contribution in [3.8, 4) is 0 Å². The van der Waals surface area contributed by atoms with Crippen molar-refractivity contribution in [3.05, 3.63) is 56.4 Å². The first-order valence-electron chi connectivity index (χ1n) is 8.56. The Kier molecular flexibility index (Phi) is 6.36. The molecule has 3 rings (SSSR count). The van der Waals surface area contributed by atoms with Crippen LogP contribution in [0.15, 0.2) is 34.8 Å². The third-order valence-electron chi connectivity index (χ3n) is 4.14. The van der Waals surface area contributed by atoms with E-state index in [1.54, 1.807) is 13.0 Å². The highest BCUT2D eigenvalue weighted by Gasteiger charge is 2.31. The highest BCUT2D eigenvalue weighted by molar-refractivity contribution is 9.10. The predicted molar refractivity (Wildman–Crippen MR) is 113 cm³/mol. The van der Waals surface area contributed by atoms with Gasteiger partial charge in [0.05, 0.1) is 23.7 Å². The molecule has 1 aromatic carbocycles. The molecule has 1 aromatic heterocycles. The van der Waals surface area contributed by atoms with Crippen molar-refractivity contribution in [3.63, 3.8) is 0 Å². The van der Waals surface area contributed by atoms with Crippen LogP contribution in [0.5, 0.6) is 0 Å². The van der Waals surface area contributed by atoms with Gasteiger partial charge < -0.3 is 10.1 Å². The molecule has 0 unspecified atom stereocenters. The largest absolute Gasteiger partial charge is 0.462 e. The number of fused-ring (bicyclic) bond motifs is 1. The van der Waals surface area contributed by atoms with Crippen molar-refractivity contribution in [2.45, 2.75) is 19.1 Å². The Bertz CT molecular complexity index is 1060. The van der Waals surface area contributed by atoms with Gasteiger partial charge >= 0.3 is 5.97 Å². The lowest BCUT2D eigenvalue weighted by atomic mass is 10.1. The average Bonchev–Trinajstić information content (AvgIpc) is 2.96. The third-order valence-corrected chi connectivity index (χ3v) is 7.75. The van der Waals surface area contributed by atoms with Crippen molar-refractivity contribution >= 4 is 60.1 Å². The van der Waals surface area contributed by atoms with Gasteiger partial charge in [-0.15, -0.1) is 11.3 Å². The lowest BCUT2D eigenvalue weighted by molar-refractivity contribution is -0.111. The van der Waals surface area contributed by atoms with E-state index in [-0.39, 0.29) is 30.1 Å². The maximum absolute atomic E-state index is 12.4. The Morgan fingerprint density at radius 3 is 2.79 bits per heavy atom. The Balaban J connectivity index is 1.88. The number of carbonyl (C=O) groups excluding carboxylic acids is 2. The van der Waals surface area contributed by atoms with Gasteiger partial charge in [-0.1, -0.05) is 34.1 Å². The minimum absolute atomic E-state index is 0.0154. The van der Waals surface area contributed by atoms with E-state index >= 15 is 0 Å². The van der Waals surface area contributed by atoms with Gasteiger partial charge in [-0.25, -0.2) is 13.2 Å². The molecule has 0 radical (unpaired) electrons. The van der Waals surface area contributed by atoms with Crippen LogP contribution in [0, 0.1) is 0 Å². The molecule has 1 amide bonds. The molecule has 6 nitrogen and oxygen atoms in total. The molecule has 1 aliphatic rings. The van der Waals surface area contributed by atoms with Gasteiger partial charge in [0.2, 0.25) is 5.91 Å². The molecule has 0 aliphatic carbocycles. The molecule has 0 fully saturated rings. The van der Waals surface area contributed by atoms with Crippen molar-refractivity contribution in [1.29, 1.82) is 0 Å². The van der Waals surface area contributed by atoms with Gasteiger partial charge in [0.15, 0.2) is 9.84 Å². The summed E-state index contributed by atoms with van der Waals surface area (Å²) in [6.45, 7) is 1.89. The van der Waals surface area contributed by atoms with Crippen LogP contribution in [-0.2, 0) is 31.5 Å². The Morgan fingerprint density at radius 1 is 1.32 bits per heavy atom. The molecular formula is C19H18BrNO5S2. The fourth-order valence-electron chi connectivity index (χ4n) is 2.86. The second kappa shape index (κ2) is 8.59. The summed E-state index contributed by atoms with van der Waals surface area (Å²) in [5, 5.41) is 3.03. The van der Waals surface area contributed by atoms with E-state index in [0.29, 0.717) is 15.4 Å². The second-order valence-electron chi connectivity index (χ2n) is 6.11. The predicted octanol–water partition coefficient (Wildman–Crippen LogP) is 3.81. The first kappa shape index (κ1) is 20.8. The smallest absolute Gasteiger partial charge is 0.341 e. The summed E-state index contributed by atoms with van der Waals surface area (Å²) in [6.07, 6.45) is 3.26. The zero-order valence-corrected chi connectivity index (χ0v) is 18.2. The van der Waals surface area contributed by atoms with Crippen LogP contribution in [0.25, 0.3) is 6.08 Å². The Labute approximate surface area is 175 Å². The minimum Gasteiger partial charge on any atom is -0.462 e. The number of hydrogen-bond acceptors (Lipinski definition) is 6. The van der Waals surface area contributed by atoms with Crippen LogP contribution in [0.1, 0.15) is 33.3 Å². The normalized spacial score (nSPS) is 15.2. The van der Waals surface area contributed by atoms with E-state index in [1.165, 1.54) is 6.08 Å². The highest BCUT2D eigenvalue weighted by atomic mass is 79.9. The van der Waals surface area contributed by atoms with Gasteiger partial charge in [-0.3, -0.25) is 4.79 Å². The molecule has 0 saturated heterocycles. The zero-order chi connectivity index (χ0) is 20.3. The van der Waals surface area contributed by atoms with Gasteiger partial charge in [0, 0.05) is 15.4 Å². The lowest BCUT2D eigenvalue weighted by Gasteiger charge is -2.13. The monoisotopic (exact) mass is 483 g/mol. The van der Waals surface area contributed by atoms with E-state index in [4.69, 9.17) is 4.74 Å². The third kappa shape index (κ3) is 4.71. The first-order valence-corrected chi connectivity index (χ1v) is 12.0. The van der Waals surface area contributed by atoms with Gasteiger partial charge in [-0.05, 0) is 36.6 Å². The molecule has 0 bridgehead atoms. The quantitative estimate of drug-likeness (QED) is 0.515. The first-order chi connectivity index (χ1) is 13.3. The Hall–Kier alpha value is -1.97. The number of ether oxygens (including phenoxy) is 1. The zero-order valence-electron chi connectivity index (χ0n) is 15.0. The maximum Gasteiger partial charge on any atom is 0.341 e. The number of amides is 1. The SMILES string of the molecule is CCOC(=O)c1c(NC(=O)/C=C/c2ccccc2Br)sc2c1CCS(=O)(=O)C2. The van der Waals surface area contributed by atoms with E-state index in [9.17, 15) is 18.0 Å². The standard InChI is InChI=1S/C19H18BrNO5S2/c1-2-26-19(23)17-13-9-10-28(24,25)11-15(13)27-18(17)21-16(22)8-7-12-5-3-4-6-14(12)20/h3-8H,2,9-11H2,1H3,(H,21,22)/b8-7+. The number of anilines is 1. The average molecular weight is 484 g/mol. The number of benzene rings is 1. The molecule has 1 N–H and O–H groups in total. The molecule has 0 atom stereocenters. The summed E-state index contributed by atoms with van der Waals surface area (Å²) in [5.41, 5.74) is 1.75. The van der Waals surface area contributed by atoms with Crippen molar-refractivity contribution in [1.82, 2.24) is 0 Å². The molecule has 28 heavy (non-hydrogen) atoms. The fraction of sp³-hybridized carbons (Fsp3) is 0.263. The van der Waals surface area contributed by atoms with E-state index < -0.39 is 21.7 Å². The molecule has 9 heteroatoms. The van der Waals surface area contributed by atoms with Gasteiger partial charge in [-0.2, -0.15) is 0 Å². The maximum atomic E-state index is 12.4. The fourth-order valence-corrected chi connectivity index (χ4v) is 6.32. The van der Waals surface area contributed by atoms with Crippen LogP contribution in [0.4, 0.5) is 5.00 Å². The van der Waals surface area contributed by atoms with Crippen LogP contribution in [0.2, 0.25) is 0 Å². The molecule has 2 aromatic rings. The van der Waals surface area contributed by atoms with Crippen molar-refractivity contribution < 1.29 is 22.7 Å². The van der Waals surface area contributed by atoms with Crippen molar-refractivity contribution in [2.24, 2.45) is 0 Å². The van der Waals surface area contributed by atoms with Crippen molar-refractivity contribution in [2.75, 3.05) is 17.7 Å². The second-order valence-corrected chi connectivity index (χ2v) is 10.3. The summed E-state index contributed by atoms with van der Waals surface area (Å²) in [6, 6.07) is 7.45. The number of esters is 1. The van der Waals surface area contributed by atoms with Crippen LogP contribution in [0.3, 0.4) is 0 Å². The summed E-state index contributed by atoms with van der Waals surface area (Å²) in [5.74, 6) is -1.10. The number of rotatable bonds is 5. The molecule has 0 spiro atoms. The highest BCUT2D eigenvalue weighted by Crippen LogP contribution is 2.38. The van der Waals surface area contributed by atoms with E-state index in [0.717, 1.165) is 21.4 Å². The molecule has 2 heterocycles. The number of thiophene rings is 1. The summed E-state index contributed by atoms with van der Waals surface area (Å²) in [4.78, 5) is 25.4. The molecule has 1 aliphatic heterocycles. The molecule has 0 saturated carbocycles. The number of sulfone groups is 1.